The Hall–Kier alpha value is -3.61. The van der Waals surface area contributed by atoms with E-state index in [4.69, 9.17) is 0 Å². The molecule has 7 heteroatoms. The molecule has 1 saturated carbocycles. The number of aromatic nitrogens is 1. The summed E-state index contributed by atoms with van der Waals surface area (Å²) in [4.78, 5) is 28.0. The number of benzene rings is 2. The van der Waals surface area contributed by atoms with Gasteiger partial charge >= 0.3 is 0 Å². The van der Waals surface area contributed by atoms with Crippen LogP contribution in [0.2, 0.25) is 0 Å². The van der Waals surface area contributed by atoms with Gasteiger partial charge in [-0.3, -0.25) is 9.59 Å². The lowest BCUT2D eigenvalue weighted by molar-refractivity contribution is -0.117. The molecule has 3 aromatic rings. The zero-order valence-electron chi connectivity index (χ0n) is 14.2. The fourth-order valence-electron chi connectivity index (χ4n) is 3.68. The van der Waals surface area contributed by atoms with Crippen molar-refractivity contribution >= 4 is 34.6 Å². The summed E-state index contributed by atoms with van der Waals surface area (Å²) < 4.78 is 0. The summed E-state index contributed by atoms with van der Waals surface area (Å²) in [5.41, 5.74) is 6.16. The Balaban J connectivity index is 1.39. The fourth-order valence-corrected chi connectivity index (χ4v) is 3.68. The first-order chi connectivity index (χ1) is 13.1. The van der Waals surface area contributed by atoms with Crippen LogP contribution in [0.15, 0.2) is 47.7 Å². The molecule has 1 fully saturated rings. The van der Waals surface area contributed by atoms with Gasteiger partial charge in [0.1, 0.15) is 5.75 Å². The molecule has 1 aromatic heterocycles. The van der Waals surface area contributed by atoms with Crippen molar-refractivity contribution in [3.63, 3.8) is 0 Å². The number of amides is 2. The van der Waals surface area contributed by atoms with Gasteiger partial charge in [-0.05, 0) is 42.2 Å². The van der Waals surface area contributed by atoms with E-state index in [9.17, 15) is 14.7 Å². The Bertz CT molecular complexity index is 1110. The van der Waals surface area contributed by atoms with Crippen LogP contribution in [0, 0.1) is 5.92 Å². The van der Waals surface area contributed by atoms with Gasteiger partial charge in [-0.25, -0.2) is 5.43 Å². The maximum atomic E-state index is 12.6. The first kappa shape index (κ1) is 15.6. The van der Waals surface area contributed by atoms with E-state index in [1.54, 1.807) is 30.6 Å². The van der Waals surface area contributed by atoms with E-state index in [0.717, 1.165) is 28.5 Å². The highest BCUT2D eigenvalue weighted by molar-refractivity contribution is 6.15. The molecule has 2 unspecified atom stereocenters. The number of carbonyl (C=O) groups excluding carboxylic acids is 2. The number of nitrogens with zero attached hydrogens (tertiary/aromatic N) is 1. The number of hydrogen-bond acceptors (Lipinski definition) is 4. The summed E-state index contributed by atoms with van der Waals surface area (Å²) in [6.07, 6.45) is 4.15. The van der Waals surface area contributed by atoms with Crippen molar-refractivity contribution in [2.75, 3.05) is 5.32 Å². The van der Waals surface area contributed by atoms with Crippen LogP contribution in [-0.4, -0.2) is 28.1 Å². The molecular weight excluding hydrogens is 344 g/mol. The molecule has 134 valence electrons. The quantitative estimate of drug-likeness (QED) is 0.577. The van der Waals surface area contributed by atoms with Gasteiger partial charge in [0.15, 0.2) is 0 Å². The van der Waals surface area contributed by atoms with Crippen molar-refractivity contribution in [2.24, 2.45) is 11.0 Å². The third-order valence-electron chi connectivity index (χ3n) is 5.14. The molecule has 0 saturated heterocycles. The second kappa shape index (κ2) is 5.70. The van der Waals surface area contributed by atoms with Crippen LogP contribution in [0.3, 0.4) is 0 Å². The smallest absolute Gasteiger partial charge is 0.272 e. The van der Waals surface area contributed by atoms with E-state index in [1.807, 2.05) is 18.2 Å². The van der Waals surface area contributed by atoms with Gasteiger partial charge in [0, 0.05) is 34.3 Å². The zero-order valence-corrected chi connectivity index (χ0v) is 14.2. The minimum Gasteiger partial charge on any atom is -0.508 e. The summed E-state index contributed by atoms with van der Waals surface area (Å²) >= 11 is 0. The van der Waals surface area contributed by atoms with Gasteiger partial charge in [-0.2, -0.15) is 5.10 Å². The Labute approximate surface area is 154 Å². The molecule has 2 aliphatic rings. The third kappa shape index (κ3) is 2.64. The number of aromatic amines is 1. The predicted molar refractivity (Wildman–Crippen MR) is 101 cm³/mol. The summed E-state index contributed by atoms with van der Waals surface area (Å²) in [6.45, 7) is 0. The molecule has 0 spiro atoms. The minimum atomic E-state index is -0.306. The van der Waals surface area contributed by atoms with Crippen molar-refractivity contribution in [1.82, 2.24) is 10.4 Å². The van der Waals surface area contributed by atoms with Crippen LogP contribution in [0.1, 0.15) is 33.8 Å². The van der Waals surface area contributed by atoms with Gasteiger partial charge in [-0.1, -0.05) is 12.1 Å². The number of nitrogens with one attached hydrogen (secondary N) is 3. The number of hydrogen-bond donors (Lipinski definition) is 4. The molecule has 7 nitrogen and oxygen atoms in total. The average molecular weight is 360 g/mol. The standard InChI is InChI=1S/C20H16N4O3/c25-13-3-1-10(2-4-13)14-7-15(14)19(26)23-12-5-16-18-11(8-21-17(18)6-12)9-22-24-20(16)27/h1-6,8-9,14-15,21,25H,7H2,(H,23,26)(H,24,27). The Morgan fingerprint density at radius 1 is 1.22 bits per heavy atom. The SMILES string of the molecule is O=C1NN=Cc2c[nH]c3cc(NC(=O)C4CC4c4ccc(O)cc4)cc1c23. The van der Waals surface area contributed by atoms with E-state index in [0.29, 0.717) is 11.3 Å². The number of carbonyl (C=O) groups is 2. The number of anilines is 1. The Kier molecular flexibility index (Phi) is 3.30. The van der Waals surface area contributed by atoms with Crippen LogP contribution in [0.25, 0.3) is 10.9 Å². The van der Waals surface area contributed by atoms with Crippen LogP contribution >= 0.6 is 0 Å². The molecule has 2 amide bonds. The average Bonchev–Trinajstić information content (AvgIpc) is 3.38. The van der Waals surface area contributed by atoms with Gasteiger partial charge in [0.25, 0.3) is 5.91 Å². The topological polar surface area (TPSA) is 107 Å². The molecule has 1 aliphatic heterocycles. The maximum absolute atomic E-state index is 12.6. The molecule has 0 bridgehead atoms. The highest BCUT2D eigenvalue weighted by atomic mass is 16.3. The summed E-state index contributed by atoms with van der Waals surface area (Å²) in [5.74, 6) is -0.118. The maximum Gasteiger partial charge on any atom is 0.272 e. The molecule has 2 heterocycles. The third-order valence-corrected chi connectivity index (χ3v) is 5.14. The van der Waals surface area contributed by atoms with Gasteiger partial charge < -0.3 is 15.4 Å². The lowest BCUT2D eigenvalue weighted by Gasteiger charge is -2.08. The highest BCUT2D eigenvalue weighted by Crippen LogP contribution is 2.48. The minimum absolute atomic E-state index is 0.0725. The van der Waals surface area contributed by atoms with Crippen molar-refractivity contribution < 1.29 is 14.7 Å². The number of rotatable bonds is 3. The second-order valence-corrected chi connectivity index (χ2v) is 6.92. The lowest BCUT2D eigenvalue weighted by Crippen LogP contribution is -2.18. The van der Waals surface area contributed by atoms with Gasteiger partial charge in [0.05, 0.1) is 11.8 Å². The van der Waals surface area contributed by atoms with Crippen LogP contribution in [0.4, 0.5) is 5.69 Å². The number of aromatic hydroxyl groups is 1. The summed E-state index contributed by atoms with van der Waals surface area (Å²) in [7, 11) is 0. The number of H-pyrrole nitrogens is 1. The first-order valence-electron chi connectivity index (χ1n) is 8.68. The predicted octanol–water partition coefficient (Wildman–Crippen LogP) is 2.69. The molecule has 2 aromatic carbocycles. The van der Waals surface area contributed by atoms with E-state index >= 15 is 0 Å². The van der Waals surface area contributed by atoms with Gasteiger partial charge in [-0.15, -0.1) is 0 Å². The van der Waals surface area contributed by atoms with Crippen molar-refractivity contribution in [3.05, 3.63) is 59.3 Å². The normalized spacial score (nSPS) is 20.2. The van der Waals surface area contributed by atoms with E-state index in [1.165, 1.54) is 0 Å². The molecule has 27 heavy (non-hydrogen) atoms. The largest absolute Gasteiger partial charge is 0.508 e. The Morgan fingerprint density at radius 3 is 2.85 bits per heavy atom. The second-order valence-electron chi connectivity index (χ2n) is 6.92. The summed E-state index contributed by atoms with van der Waals surface area (Å²) in [6, 6.07) is 10.5. The van der Waals surface area contributed by atoms with Crippen LogP contribution < -0.4 is 10.7 Å². The van der Waals surface area contributed by atoms with E-state index in [-0.39, 0.29) is 29.4 Å². The van der Waals surface area contributed by atoms with Crippen molar-refractivity contribution in [1.29, 1.82) is 0 Å². The van der Waals surface area contributed by atoms with Crippen molar-refractivity contribution in [3.8, 4) is 5.75 Å². The lowest BCUT2D eigenvalue weighted by atomic mass is 10.0. The molecule has 5 rings (SSSR count). The van der Waals surface area contributed by atoms with Crippen LogP contribution in [-0.2, 0) is 4.79 Å². The number of phenols is 1. The Morgan fingerprint density at radius 2 is 2.04 bits per heavy atom. The van der Waals surface area contributed by atoms with E-state index in [2.05, 4.69) is 20.8 Å². The highest BCUT2D eigenvalue weighted by Gasteiger charge is 2.44. The number of phenolic OH excluding ortho intramolecular Hbond substituents is 1. The molecule has 4 N–H and O–H groups in total. The van der Waals surface area contributed by atoms with E-state index < -0.39 is 0 Å². The molecule has 1 aliphatic carbocycles. The molecular formula is C20H16N4O3. The zero-order chi connectivity index (χ0) is 18.5. The summed E-state index contributed by atoms with van der Waals surface area (Å²) in [5, 5.41) is 17.0. The molecule has 2 atom stereocenters. The monoisotopic (exact) mass is 360 g/mol. The fraction of sp³-hybridized carbons (Fsp3) is 0.150. The molecule has 0 radical (unpaired) electrons. The van der Waals surface area contributed by atoms with Gasteiger partial charge in [0.2, 0.25) is 5.91 Å². The van der Waals surface area contributed by atoms with Crippen molar-refractivity contribution in [2.45, 2.75) is 12.3 Å². The number of hydrazone groups is 1. The van der Waals surface area contributed by atoms with Crippen LogP contribution in [0.5, 0.6) is 5.75 Å². The first-order valence-corrected chi connectivity index (χ1v) is 8.68.